The van der Waals surface area contributed by atoms with Gasteiger partial charge in [0.05, 0.1) is 6.61 Å². The third-order valence-corrected chi connectivity index (χ3v) is 2.06. The van der Waals surface area contributed by atoms with Crippen molar-refractivity contribution in [3.63, 3.8) is 0 Å². The molecule has 0 saturated carbocycles. The minimum absolute atomic E-state index is 0.0573. The van der Waals surface area contributed by atoms with Crippen LogP contribution < -0.4 is 11.0 Å². The van der Waals surface area contributed by atoms with Crippen LogP contribution in [-0.4, -0.2) is 17.1 Å². The molecule has 6 heteroatoms. The fraction of sp³-hybridized carbons (Fsp3) is 0.333. The molecule has 0 spiro atoms. The maximum absolute atomic E-state index is 11.3. The Kier molecular flexibility index (Phi) is 4.51. The van der Waals surface area contributed by atoms with Gasteiger partial charge in [0.1, 0.15) is 6.54 Å². The van der Waals surface area contributed by atoms with Crippen molar-refractivity contribution in [3.05, 3.63) is 33.2 Å². The molecule has 5 nitrogen and oxygen atoms in total. The second-order valence-corrected chi connectivity index (χ2v) is 3.69. The molecule has 1 aromatic rings. The lowest BCUT2D eigenvalue weighted by Gasteiger charge is -2.06. The minimum atomic E-state index is -0.364. The number of halogens is 1. The van der Waals surface area contributed by atoms with Gasteiger partial charge in [0.15, 0.2) is 0 Å². The lowest BCUT2D eigenvalue weighted by molar-refractivity contribution is -0.133. The Bertz CT molecular complexity index is 403. The maximum Gasteiger partial charge on any atom is 0.263 e. The van der Waals surface area contributed by atoms with Crippen molar-refractivity contribution in [2.75, 3.05) is 6.61 Å². The Balaban J connectivity index is 2.68. The summed E-state index contributed by atoms with van der Waals surface area (Å²) in [4.78, 5) is 27.2. The molecule has 0 radical (unpaired) electrons. The van der Waals surface area contributed by atoms with E-state index in [0.717, 1.165) is 4.47 Å². The van der Waals surface area contributed by atoms with Crippen molar-refractivity contribution in [1.82, 2.24) is 10.0 Å². The molecule has 82 valence electrons. The molecule has 1 rings (SSSR count). The van der Waals surface area contributed by atoms with Crippen LogP contribution in [0.3, 0.4) is 0 Å². The van der Waals surface area contributed by atoms with Gasteiger partial charge in [0.25, 0.3) is 11.5 Å². The van der Waals surface area contributed by atoms with Crippen LogP contribution in [0.15, 0.2) is 27.6 Å². The van der Waals surface area contributed by atoms with Crippen molar-refractivity contribution < 1.29 is 9.63 Å². The maximum atomic E-state index is 11.3. The van der Waals surface area contributed by atoms with E-state index in [2.05, 4.69) is 21.4 Å². The predicted molar refractivity (Wildman–Crippen MR) is 58.2 cm³/mol. The van der Waals surface area contributed by atoms with E-state index in [9.17, 15) is 9.59 Å². The van der Waals surface area contributed by atoms with Crippen LogP contribution in [0.25, 0.3) is 0 Å². The molecule has 0 aromatic carbocycles. The number of nitrogens with one attached hydrogen (secondary N) is 1. The highest BCUT2D eigenvalue weighted by Crippen LogP contribution is 2.04. The van der Waals surface area contributed by atoms with Gasteiger partial charge in [-0.2, -0.15) is 0 Å². The molecule has 1 heterocycles. The van der Waals surface area contributed by atoms with Crippen LogP contribution in [0.1, 0.15) is 6.92 Å². The summed E-state index contributed by atoms with van der Waals surface area (Å²) in [7, 11) is 0. The normalized spacial score (nSPS) is 10.0. The van der Waals surface area contributed by atoms with Crippen molar-refractivity contribution in [2.45, 2.75) is 13.5 Å². The first-order chi connectivity index (χ1) is 7.13. The van der Waals surface area contributed by atoms with Crippen LogP contribution >= 0.6 is 15.9 Å². The lowest BCUT2D eigenvalue weighted by atomic mass is 10.4. The van der Waals surface area contributed by atoms with Crippen LogP contribution in [0.5, 0.6) is 0 Å². The van der Waals surface area contributed by atoms with Gasteiger partial charge in [-0.15, -0.1) is 0 Å². The monoisotopic (exact) mass is 274 g/mol. The average Bonchev–Trinajstić information content (AvgIpc) is 2.20. The van der Waals surface area contributed by atoms with Gasteiger partial charge in [-0.25, -0.2) is 5.48 Å². The molecule has 0 aliphatic heterocycles. The van der Waals surface area contributed by atoms with Crippen molar-refractivity contribution >= 4 is 21.8 Å². The number of hydrogen-bond acceptors (Lipinski definition) is 3. The molecular formula is C9H11BrN2O3. The van der Waals surface area contributed by atoms with E-state index in [0.29, 0.717) is 6.61 Å². The van der Waals surface area contributed by atoms with Crippen LogP contribution in [-0.2, 0) is 16.2 Å². The molecule has 15 heavy (non-hydrogen) atoms. The molecule has 1 aromatic heterocycles. The van der Waals surface area contributed by atoms with Gasteiger partial charge in [-0.1, -0.05) is 0 Å². The Labute approximate surface area is 95.1 Å². The number of carbonyl (C=O) groups excluding carboxylic acids is 1. The smallest absolute Gasteiger partial charge is 0.263 e. The first kappa shape index (κ1) is 11.9. The fourth-order valence-corrected chi connectivity index (χ4v) is 1.34. The van der Waals surface area contributed by atoms with E-state index in [4.69, 9.17) is 4.84 Å². The highest BCUT2D eigenvalue weighted by atomic mass is 79.9. The predicted octanol–water partition coefficient (Wildman–Crippen LogP) is 0.678. The van der Waals surface area contributed by atoms with Gasteiger partial charge in [0.2, 0.25) is 0 Å². The Hall–Kier alpha value is -1.14. The number of pyridine rings is 1. The summed E-state index contributed by atoms with van der Waals surface area (Å²) < 4.78 is 2.03. The van der Waals surface area contributed by atoms with Crippen molar-refractivity contribution in [2.24, 2.45) is 0 Å². The van der Waals surface area contributed by atoms with Crippen molar-refractivity contribution in [3.8, 4) is 0 Å². The highest BCUT2D eigenvalue weighted by Gasteiger charge is 2.03. The molecule has 0 aliphatic rings. The summed E-state index contributed by atoms with van der Waals surface area (Å²) in [6.45, 7) is 2.09. The van der Waals surface area contributed by atoms with E-state index in [-0.39, 0.29) is 18.0 Å². The molecule has 0 saturated heterocycles. The second kappa shape index (κ2) is 5.67. The molecule has 0 fully saturated rings. The number of nitrogens with zero attached hydrogens (tertiary/aromatic N) is 1. The summed E-state index contributed by atoms with van der Waals surface area (Å²) in [6, 6.07) is 3.01. The minimum Gasteiger partial charge on any atom is -0.305 e. The topological polar surface area (TPSA) is 60.3 Å². The van der Waals surface area contributed by atoms with Crippen molar-refractivity contribution in [1.29, 1.82) is 0 Å². The first-order valence-electron chi connectivity index (χ1n) is 4.40. The molecule has 0 aliphatic carbocycles. The Morgan fingerprint density at radius 1 is 1.60 bits per heavy atom. The number of aromatic nitrogens is 1. The van der Waals surface area contributed by atoms with Gasteiger partial charge in [-0.3, -0.25) is 14.4 Å². The summed E-state index contributed by atoms with van der Waals surface area (Å²) in [6.07, 6.45) is 1.55. The number of carbonyl (C=O) groups is 1. The van der Waals surface area contributed by atoms with E-state index < -0.39 is 0 Å². The number of amides is 1. The number of rotatable bonds is 4. The molecule has 0 unspecified atom stereocenters. The zero-order chi connectivity index (χ0) is 11.3. The average molecular weight is 275 g/mol. The second-order valence-electron chi connectivity index (χ2n) is 2.77. The molecule has 1 N–H and O–H groups in total. The number of hydrogen-bond donors (Lipinski definition) is 1. The SMILES string of the molecule is CCONC(=O)Cn1cc(Br)ccc1=O. The largest absolute Gasteiger partial charge is 0.305 e. The van der Waals surface area contributed by atoms with Gasteiger partial charge in [0, 0.05) is 16.7 Å². The lowest BCUT2D eigenvalue weighted by Crippen LogP contribution is -2.31. The first-order valence-corrected chi connectivity index (χ1v) is 5.19. The summed E-state index contributed by atoms with van der Waals surface area (Å²) in [5, 5.41) is 0. The summed E-state index contributed by atoms with van der Waals surface area (Å²) in [5.41, 5.74) is 1.98. The molecular weight excluding hydrogens is 264 g/mol. The van der Waals surface area contributed by atoms with Gasteiger partial charge < -0.3 is 4.57 Å². The van der Waals surface area contributed by atoms with E-state index >= 15 is 0 Å². The third kappa shape index (κ3) is 3.85. The van der Waals surface area contributed by atoms with Gasteiger partial charge in [-0.05, 0) is 28.9 Å². The van der Waals surface area contributed by atoms with Crippen LogP contribution in [0, 0.1) is 0 Å². The van der Waals surface area contributed by atoms with E-state index in [1.165, 1.54) is 10.6 Å². The summed E-state index contributed by atoms with van der Waals surface area (Å²) >= 11 is 3.22. The van der Waals surface area contributed by atoms with E-state index in [1.54, 1.807) is 19.2 Å². The Morgan fingerprint density at radius 3 is 3.00 bits per heavy atom. The van der Waals surface area contributed by atoms with Crippen LogP contribution in [0.4, 0.5) is 0 Å². The van der Waals surface area contributed by atoms with Gasteiger partial charge >= 0.3 is 0 Å². The summed E-state index contributed by atoms with van der Waals surface area (Å²) in [5.74, 6) is -0.364. The molecule has 0 atom stereocenters. The zero-order valence-electron chi connectivity index (χ0n) is 8.20. The quantitative estimate of drug-likeness (QED) is 0.822. The van der Waals surface area contributed by atoms with E-state index in [1.807, 2.05) is 0 Å². The molecule has 0 bridgehead atoms. The third-order valence-electron chi connectivity index (χ3n) is 1.59. The number of hydroxylamine groups is 1. The zero-order valence-corrected chi connectivity index (χ0v) is 9.78. The highest BCUT2D eigenvalue weighted by molar-refractivity contribution is 9.10. The Morgan fingerprint density at radius 2 is 2.33 bits per heavy atom. The standard InChI is InChI=1S/C9H11BrN2O3/c1-2-15-11-8(13)6-12-5-7(10)3-4-9(12)14/h3-5H,2,6H2,1H3,(H,11,13). The molecule has 1 amide bonds. The van der Waals surface area contributed by atoms with Crippen LogP contribution in [0.2, 0.25) is 0 Å². The fourth-order valence-electron chi connectivity index (χ4n) is 0.965.